The zero-order valence-corrected chi connectivity index (χ0v) is 8.49. The van der Waals surface area contributed by atoms with Gasteiger partial charge in [-0.05, 0) is 31.9 Å². The molecule has 0 aromatic carbocycles. The topological polar surface area (TPSA) is 39.4 Å². The molecule has 0 spiro atoms. The van der Waals surface area contributed by atoms with E-state index in [1.165, 1.54) is 0 Å². The average molecular weight is 196 g/mol. The van der Waals surface area contributed by atoms with E-state index in [0.717, 1.165) is 25.0 Å². The predicted molar refractivity (Wildman–Crippen MR) is 52.9 cm³/mol. The lowest BCUT2D eigenvalue weighted by atomic mass is 10.1. The van der Waals surface area contributed by atoms with Crippen LogP contribution in [0, 0.1) is 0 Å². The first-order valence-corrected chi connectivity index (χ1v) is 5.01. The Morgan fingerprint density at radius 3 is 3.00 bits per heavy atom. The van der Waals surface area contributed by atoms with Crippen molar-refractivity contribution in [2.24, 2.45) is 0 Å². The number of ether oxygens (including phenoxy) is 1. The SMILES string of the molecule is CCOC(=O)CCCCc1ccco1. The van der Waals surface area contributed by atoms with Gasteiger partial charge in [0.2, 0.25) is 0 Å². The minimum Gasteiger partial charge on any atom is -0.469 e. The van der Waals surface area contributed by atoms with Gasteiger partial charge in [-0.3, -0.25) is 4.79 Å². The summed E-state index contributed by atoms with van der Waals surface area (Å²) >= 11 is 0. The van der Waals surface area contributed by atoms with E-state index in [9.17, 15) is 4.79 Å². The van der Waals surface area contributed by atoms with Crippen molar-refractivity contribution in [1.29, 1.82) is 0 Å². The zero-order valence-electron chi connectivity index (χ0n) is 8.49. The zero-order chi connectivity index (χ0) is 10.2. The van der Waals surface area contributed by atoms with Crippen LogP contribution in [0.1, 0.15) is 31.9 Å². The Morgan fingerprint density at radius 1 is 1.50 bits per heavy atom. The summed E-state index contributed by atoms with van der Waals surface area (Å²) in [5.41, 5.74) is 0. The summed E-state index contributed by atoms with van der Waals surface area (Å²) in [5, 5.41) is 0. The van der Waals surface area contributed by atoms with Gasteiger partial charge in [0.05, 0.1) is 12.9 Å². The van der Waals surface area contributed by atoms with Crippen molar-refractivity contribution < 1.29 is 13.9 Å². The molecule has 1 rings (SSSR count). The van der Waals surface area contributed by atoms with Crippen LogP contribution in [0.3, 0.4) is 0 Å². The van der Waals surface area contributed by atoms with Crippen LogP contribution < -0.4 is 0 Å². The van der Waals surface area contributed by atoms with E-state index in [2.05, 4.69) is 0 Å². The van der Waals surface area contributed by atoms with Gasteiger partial charge in [0.15, 0.2) is 0 Å². The minimum atomic E-state index is -0.105. The van der Waals surface area contributed by atoms with Gasteiger partial charge in [0.25, 0.3) is 0 Å². The third kappa shape index (κ3) is 4.12. The van der Waals surface area contributed by atoms with E-state index >= 15 is 0 Å². The van der Waals surface area contributed by atoms with Crippen molar-refractivity contribution in [3.05, 3.63) is 24.2 Å². The first-order chi connectivity index (χ1) is 6.83. The van der Waals surface area contributed by atoms with Gasteiger partial charge in [0, 0.05) is 12.8 Å². The van der Waals surface area contributed by atoms with E-state index in [0.29, 0.717) is 13.0 Å². The molecule has 0 radical (unpaired) electrons. The van der Waals surface area contributed by atoms with Gasteiger partial charge in [-0.15, -0.1) is 0 Å². The third-order valence-corrected chi connectivity index (χ3v) is 1.94. The maximum atomic E-state index is 11.0. The maximum Gasteiger partial charge on any atom is 0.305 e. The molecule has 1 heterocycles. The lowest BCUT2D eigenvalue weighted by Crippen LogP contribution is -2.03. The Morgan fingerprint density at radius 2 is 2.36 bits per heavy atom. The second kappa shape index (κ2) is 6.24. The standard InChI is InChI=1S/C11H16O3/c1-2-13-11(12)8-4-3-6-10-7-5-9-14-10/h5,7,9H,2-4,6,8H2,1H3. The van der Waals surface area contributed by atoms with E-state index in [4.69, 9.17) is 9.15 Å². The molecule has 0 aliphatic rings. The van der Waals surface area contributed by atoms with Crippen LogP contribution in [0.25, 0.3) is 0 Å². The Bertz CT molecular complexity index is 252. The highest BCUT2D eigenvalue weighted by Gasteiger charge is 2.01. The Kier molecular flexibility index (Phi) is 4.83. The molecular formula is C11H16O3. The molecule has 3 nitrogen and oxygen atoms in total. The fraction of sp³-hybridized carbons (Fsp3) is 0.545. The summed E-state index contributed by atoms with van der Waals surface area (Å²) in [6, 6.07) is 3.82. The fourth-order valence-corrected chi connectivity index (χ4v) is 1.26. The Balaban J connectivity index is 2.02. The highest BCUT2D eigenvalue weighted by Crippen LogP contribution is 2.07. The normalized spacial score (nSPS) is 10.1. The van der Waals surface area contributed by atoms with E-state index in [1.54, 1.807) is 6.26 Å². The highest BCUT2D eigenvalue weighted by molar-refractivity contribution is 5.69. The fourth-order valence-electron chi connectivity index (χ4n) is 1.26. The molecular weight excluding hydrogens is 180 g/mol. The third-order valence-electron chi connectivity index (χ3n) is 1.94. The highest BCUT2D eigenvalue weighted by atomic mass is 16.5. The maximum absolute atomic E-state index is 11.0. The number of aryl methyl sites for hydroxylation is 1. The molecule has 78 valence electrons. The monoisotopic (exact) mass is 196 g/mol. The molecule has 3 heteroatoms. The van der Waals surface area contributed by atoms with Crippen molar-refractivity contribution in [2.75, 3.05) is 6.61 Å². The number of hydrogen-bond donors (Lipinski definition) is 0. The van der Waals surface area contributed by atoms with Crippen molar-refractivity contribution in [1.82, 2.24) is 0 Å². The largest absolute Gasteiger partial charge is 0.469 e. The lowest BCUT2D eigenvalue weighted by Gasteiger charge is -2.00. The van der Waals surface area contributed by atoms with Gasteiger partial charge in [-0.25, -0.2) is 0 Å². The van der Waals surface area contributed by atoms with Gasteiger partial charge >= 0.3 is 5.97 Å². The summed E-state index contributed by atoms with van der Waals surface area (Å²) in [4.78, 5) is 11.0. The van der Waals surface area contributed by atoms with Crippen LogP contribution in [-0.4, -0.2) is 12.6 Å². The van der Waals surface area contributed by atoms with Crippen molar-refractivity contribution in [3.63, 3.8) is 0 Å². The van der Waals surface area contributed by atoms with E-state index in [1.807, 2.05) is 19.1 Å². The number of hydrogen-bond acceptors (Lipinski definition) is 3. The number of furan rings is 1. The summed E-state index contributed by atoms with van der Waals surface area (Å²) in [5.74, 6) is 0.876. The van der Waals surface area contributed by atoms with Gasteiger partial charge < -0.3 is 9.15 Å². The Labute approximate surface area is 84.1 Å². The predicted octanol–water partition coefficient (Wildman–Crippen LogP) is 2.56. The minimum absolute atomic E-state index is 0.105. The summed E-state index contributed by atoms with van der Waals surface area (Å²) in [6.45, 7) is 2.29. The molecule has 0 unspecified atom stereocenters. The summed E-state index contributed by atoms with van der Waals surface area (Å²) in [7, 11) is 0. The van der Waals surface area contributed by atoms with Crippen LogP contribution in [-0.2, 0) is 16.0 Å². The quantitative estimate of drug-likeness (QED) is 0.518. The molecule has 0 atom stereocenters. The molecule has 1 aromatic rings. The average Bonchev–Trinajstić information content (AvgIpc) is 2.65. The molecule has 0 aliphatic carbocycles. The van der Waals surface area contributed by atoms with Crippen LogP contribution in [0.5, 0.6) is 0 Å². The first-order valence-electron chi connectivity index (χ1n) is 5.01. The second-order valence-corrected chi connectivity index (χ2v) is 3.09. The molecule has 0 aliphatic heterocycles. The van der Waals surface area contributed by atoms with Crippen LogP contribution >= 0.6 is 0 Å². The van der Waals surface area contributed by atoms with E-state index in [-0.39, 0.29) is 5.97 Å². The van der Waals surface area contributed by atoms with Crippen molar-refractivity contribution in [3.8, 4) is 0 Å². The Hall–Kier alpha value is -1.25. The van der Waals surface area contributed by atoms with Crippen LogP contribution in [0.2, 0.25) is 0 Å². The molecule has 14 heavy (non-hydrogen) atoms. The molecule has 0 saturated heterocycles. The molecule has 0 amide bonds. The second-order valence-electron chi connectivity index (χ2n) is 3.09. The number of unbranched alkanes of at least 4 members (excludes halogenated alkanes) is 1. The van der Waals surface area contributed by atoms with Crippen LogP contribution in [0.4, 0.5) is 0 Å². The molecule has 1 aromatic heterocycles. The first kappa shape index (κ1) is 10.8. The number of esters is 1. The van der Waals surface area contributed by atoms with Crippen molar-refractivity contribution >= 4 is 5.97 Å². The number of rotatable bonds is 6. The smallest absolute Gasteiger partial charge is 0.305 e. The summed E-state index contributed by atoms with van der Waals surface area (Å²) in [6.07, 6.45) is 4.90. The van der Waals surface area contributed by atoms with Gasteiger partial charge in [-0.1, -0.05) is 0 Å². The molecule has 0 fully saturated rings. The molecule has 0 N–H and O–H groups in total. The lowest BCUT2D eigenvalue weighted by molar-refractivity contribution is -0.143. The molecule has 0 bridgehead atoms. The van der Waals surface area contributed by atoms with Gasteiger partial charge in [-0.2, -0.15) is 0 Å². The number of carbonyl (C=O) groups excluding carboxylic acids is 1. The summed E-state index contributed by atoms with van der Waals surface area (Å²) < 4.78 is 9.99. The van der Waals surface area contributed by atoms with E-state index < -0.39 is 0 Å². The van der Waals surface area contributed by atoms with Crippen molar-refractivity contribution in [2.45, 2.75) is 32.6 Å². The van der Waals surface area contributed by atoms with Crippen LogP contribution in [0.15, 0.2) is 22.8 Å². The molecule has 0 saturated carbocycles. The number of carbonyl (C=O) groups is 1. The van der Waals surface area contributed by atoms with Gasteiger partial charge in [0.1, 0.15) is 5.76 Å².